The Kier molecular flexibility index (Phi) is 8.16. The van der Waals surface area contributed by atoms with Crippen LogP contribution in [0.4, 0.5) is 11.6 Å². The van der Waals surface area contributed by atoms with E-state index in [-0.39, 0.29) is 23.6 Å². The molecule has 0 amide bonds. The molecule has 1 fully saturated rings. The molecule has 0 spiro atoms. The normalized spacial score (nSPS) is 17.6. The monoisotopic (exact) mass is 432 g/mol. The molecule has 1 saturated carbocycles. The van der Waals surface area contributed by atoms with Crippen LogP contribution in [-0.4, -0.2) is 27.8 Å². The summed E-state index contributed by atoms with van der Waals surface area (Å²) in [5, 5.41) is 12.2. The Hall–Kier alpha value is -3.45. The standard InChI is InChI=1S/C23H26N6O.C2H6/c24-16-8-10-17(11-9-16)29-23-20(22(26)27-14-28-23)21(25)15-6-12-19(13-7-15)30-18-4-2-1-3-5-18;1-2/h1-7,12-14,16-17,25H,8-11,24H2,(H3,26,27,28,29);1-2H3. The number of nitrogens with two attached hydrogens (primary N) is 2. The summed E-state index contributed by atoms with van der Waals surface area (Å²) >= 11 is 0. The first-order chi connectivity index (χ1) is 15.6. The highest BCUT2D eigenvalue weighted by Gasteiger charge is 2.22. The van der Waals surface area contributed by atoms with Gasteiger partial charge in [0.1, 0.15) is 29.5 Å². The summed E-state index contributed by atoms with van der Waals surface area (Å²) in [5.74, 6) is 2.35. The smallest absolute Gasteiger partial charge is 0.141 e. The second-order valence-electron chi connectivity index (χ2n) is 7.55. The van der Waals surface area contributed by atoms with Gasteiger partial charge in [0.05, 0.1) is 11.3 Å². The molecule has 2 aromatic carbocycles. The Morgan fingerprint density at radius 3 is 2.22 bits per heavy atom. The van der Waals surface area contributed by atoms with Crippen LogP contribution in [0.25, 0.3) is 0 Å². The van der Waals surface area contributed by atoms with Gasteiger partial charge in [-0.15, -0.1) is 0 Å². The zero-order valence-corrected chi connectivity index (χ0v) is 18.7. The number of ether oxygens (including phenoxy) is 1. The van der Waals surface area contributed by atoms with Crippen LogP contribution in [0.5, 0.6) is 11.5 Å². The van der Waals surface area contributed by atoms with Crippen molar-refractivity contribution in [3.63, 3.8) is 0 Å². The van der Waals surface area contributed by atoms with Crippen molar-refractivity contribution in [1.82, 2.24) is 9.97 Å². The predicted octanol–water partition coefficient (Wildman–Crippen LogP) is 4.98. The van der Waals surface area contributed by atoms with Gasteiger partial charge in [0.15, 0.2) is 0 Å². The number of anilines is 2. The number of benzene rings is 2. The molecule has 7 nitrogen and oxygen atoms in total. The molecule has 1 aliphatic carbocycles. The molecule has 32 heavy (non-hydrogen) atoms. The largest absolute Gasteiger partial charge is 0.457 e. The summed E-state index contributed by atoms with van der Waals surface area (Å²) in [7, 11) is 0. The van der Waals surface area contributed by atoms with E-state index >= 15 is 0 Å². The topological polar surface area (TPSA) is 123 Å². The minimum atomic E-state index is 0.271. The zero-order chi connectivity index (χ0) is 22.9. The van der Waals surface area contributed by atoms with E-state index in [9.17, 15) is 0 Å². The Morgan fingerprint density at radius 2 is 1.56 bits per heavy atom. The van der Waals surface area contributed by atoms with E-state index in [1.54, 1.807) is 0 Å². The van der Waals surface area contributed by atoms with Crippen molar-refractivity contribution in [3.8, 4) is 11.5 Å². The number of nitrogen functional groups attached to an aromatic ring is 1. The Bertz CT molecular complexity index is 999. The van der Waals surface area contributed by atoms with Crippen LogP contribution in [0, 0.1) is 5.41 Å². The average Bonchev–Trinajstić information content (AvgIpc) is 2.83. The first kappa shape index (κ1) is 23.2. The third-order valence-corrected chi connectivity index (χ3v) is 5.36. The number of nitrogens with zero attached hydrogens (tertiary/aromatic N) is 2. The summed E-state index contributed by atoms with van der Waals surface area (Å²) in [6.07, 6.45) is 5.34. The number of hydrogen-bond acceptors (Lipinski definition) is 7. The third kappa shape index (κ3) is 5.82. The molecule has 0 atom stereocenters. The van der Waals surface area contributed by atoms with Crippen LogP contribution in [-0.2, 0) is 0 Å². The summed E-state index contributed by atoms with van der Waals surface area (Å²) < 4.78 is 5.83. The molecule has 0 bridgehead atoms. The van der Waals surface area contributed by atoms with E-state index in [1.807, 2.05) is 68.4 Å². The van der Waals surface area contributed by atoms with Gasteiger partial charge in [-0.25, -0.2) is 9.97 Å². The SMILES string of the molecule is CC.N=C(c1ccc(Oc2ccccc2)cc1)c1c(N)ncnc1NC1CCC(N)CC1. The van der Waals surface area contributed by atoms with Gasteiger partial charge in [-0.05, 0) is 62.1 Å². The Morgan fingerprint density at radius 1 is 0.938 bits per heavy atom. The van der Waals surface area contributed by atoms with Gasteiger partial charge in [0.2, 0.25) is 0 Å². The molecular weight excluding hydrogens is 400 g/mol. The van der Waals surface area contributed by atoms with Crippen LogP contribution >= 0.6 is 0 Å². The second kappa shape index (κ2) is 11.2. The quantitative estimate of drug-likeness (QED) is 0.408. The minimum Gasteiger partial charge on any atom is -0.457 e. The first-order valence-electron chi connectivity index (χ1n) is 11.1. The van der Waals surface area contributed by atoms with E-state index in [0.29, 0.717) is 22.7 Å². The van der Waals surface area contributed by atoms with Gasteiger partial charge in [-0.3, -0.25) is 5.41 Å². The highest BCUT2D eigenvalue weighted by molar-refractivity contribution is 6.16. The van der Waals surface area contributed by atoms with Gasteiger partial charge in [-0.2, -0.15) is 0 Å². The van der Waals surface area contributed by atoms with Crippen molar-refractivity contribution < 1.29 is 4.74 Å². The average molecular weight is 433 g/mol. The maximum absolute atomic E-state index is 8.73. The molecule has 4 rings (SSSR count). The first-order valence-corrected chi connectivity index (χ1v) is 11.1. The summed E-state index contributed by atoms with van der Waals surface area (Å²) in [5.41, 5.74) is 13.7. The minimum absolute atomic E-state index is 0.271. The molecule has 0 radical (unpaired) electrons. The number of nitrogens with one attached hydrogen (secondary N) is 2. The molecule has 3 aromatic rings. The molecule has 1 aliphatic rings. The molecule has 0 unspecified atom stereocenters. The number of rotatable bonds is 6. The predicted molar refractivity (Wildman–Crippen MR) is 131 cm³/mol. The van der Waals surface area contributed by atoms with E-state index in [2.05, 4.69) is 15.3 Å². The zero-order valence-electron chi connectivity index (χ0n) is 18.7. The fourth-order valence-corrected chi connectivity index (χ4v) is 3.67. The van der Waals surface area contributed by atoms with Crippen molar-refractivity contribution in [1.29, 1.82) is 5.41 Å². The van der Waals surface area contributed by atoms with Crippen LogP contribution < -0.4 is 21.5 Å². The molecular formula is C25H32N6O. The number of hydrogen-bond donors (Lipinski definition) is 4. The van der Waals surface area contributed by atoms with Crippen LogP contribution in [0.3, 0.4) is 0 Å². The Labute approximate surface area is 189 Å². The fraction of sp³-hybridized carbons (Fsp3) is 0.320. The summed E-state index contributed by atoms with van der Waals surface area (Å²) in [6.45, 7) is 4.00. The van der Waals surface area contributed by atoms with Crippen LogP contribution in [0.1, 0.15) is 50.7 Å². The van der Waals surface area contributed by atoms with Crippen molar-refractivity contribution in [3.05, 3.63) is 72.1 Å². The molecule has 6 N–H and O–H groups in total. The van der Waals surface area contributed by atoms with Gasteiger partial charge in [0, 0.05) is 17.6 Å². The van der Waals surface area contributed by atoms with Crippen molar-refractivity contribution >= 4 is 17.3 Å². The summed E-state index contributed by atoms with van der Waals surface area (Å²) in [4.78, 5) is 8.48. The molecule has 168 valence electrons. The van der Waals surface area contributed by atoms with Crippen molar-refractivity contribution in [2.45, 2.75) is 51.6 Å². The summed E-state index contributed by atoms with van der Waals surface area (Å²) in [6, 6.07) is 17.5. The molecule has 7 heteroatoms. The van der Waals surface area contributed by atoms with Crippen molar-refractivity contribution in [2.75, 3.05) is 11.1 Å². The van der Waals surface area contributed by atoms with Gasteiger partial charge in [-0.1, -0.05) is 32.0 Å². The van der Waals surface area contributed by atoms with Crippen LogP contribution in [0.15, 0.2) is 60.9 Å². The van der Waals surface area contributed by atoms with E-state index < -0.39 is 0 Å². The van der Waals surface area contributed by atoms with Crippen LogP contribution in [0.2, 0.25) is 0 Å². The number of aromatic nitrogens is 2. The van der Waals surface area contributed by atoms with Gasteiger partial charge >= 0.3 is 0 Å². The fourth-order valence-electron chi connectivity index (χ4n) is 3.67. The van der Waals surface area contributed by atoms with Gasteiger partial charge in [0.25, 0.3) is 0 Å². The van der Waals surface area contributed by atoms with Gasteiger partial charge < -0.3 is 21.5 Å². The lowest BCUT2D eigenvalue weighted by molar-refractivity contribution is 0.410. The maximum Gasteiger partial charge on any atom is 0.141 e. The number of para-hydroxylation sites is 1. The lowest BCUT2D eigenvalue weighted by Gasteiger charge is -2.28. The lowest BCUT2D eigenvalue weighted by atomic mass is 9.91. The lowest BCUT2D eigenvalue weighted by Crippen LogP contribution is -2.33. The molecule has 1 aromatic heterocycles. The molecule has 0 aliphatic heterocycles. The Balaban J connectivity index is 0.00000141. The van der Waals surface area contributed by atoms with E-state index in [4.69, 9.17) is 21.6 Å². The highest BCUT2D eigenvalue weighted by Crippen LogP contribution is 2.27. The second-order valence-corrected chi connectivity index (χ2v) is 7.55. The maximum atomic E-state index is 8.73. The molecule has 0 saturated heterocycles. The van der Waals surface area contributed by atoms with Crippen molar-refractivity contribution in [2.24, 2.45) is 5.73 Å². The van der Waals surface area contributed by atoms with E-state index in [1.165, 1.54) is 6.33 Å². The highest BCUT2D eigenvalue weighted by atomic mass is 16.5. The third-order valence-electron chi connectivity index (χ3n) is 5.36. The van der Waals surface area contributed by atoms with E-state index in [0.717, 1.165) is 31.4 Å². The molecule has 1 heterocycles.